The van der Waals surface area contributed by atoms with Crippen molar-refractivity contribution in [1.29, 1.82) is 5.26 Å². The van der Waals surface area contributed by atoms with Crippen molar-refractivity contribution in [3.63, 3.8) is 0 Å². The van der Waals surface area contributed by atoms with Gasteiger partial charge in [-0.25, -0.2) is 0 Å². The van der Waals surface area contributed by atoms with Crippen LogP contribution >= 0.6 is 24.0 Å². The van der Waals surface area contributed by atoms with E-state index in [1.807, 2.05) is 13.0 Å². The summed E-state index contributed by atoms with van der Waals surface area (Å²) in [6, 6.07) is 2.15. The number of aromatic nitrogens is 1. The number of thioether (sulfide) groups is 1. The van der Waals surface area contributed by atoms with Gasteiger partial charge in [0.15, 0.2) is 0 Å². The van der Waals surface area contributed by atoms with Crippen LogP contribution in [-0.4, -0.2) is 50.4 Å². The van der Waals surface area contributed by atoms with Crippen LogP contribution in [0.3, 0.4) is 0 Å². The lowest BCUT2D eigenvalue weighted by Crippen LogP contribution is -2.35. The van der Waals surface area contributed by atoms with E-state index in [0.29, 0.717) is 27.9 Å². The zero-order valence-corrected chi connectivity index (χ0v) is 26.9. The lowest BCUT2D eigenvalue weighted by Gasteiger charge is -2.29. The number of nitriles is 1. The minimum absolute atomic E-state index is 0.102. The van der Waals surface area contributed by atoms with Crippen LogP contribution in [0.5, 0.6) is 0 Å². The van der Waals surface area contributed by atoms with Gasteiger partial charge >= 0.3 is 5.97 Å². The summed E-state index contributed by atoms with van der Waals surface area (Å²) in [7, 11) is 0. The second-order valence-electron chi connectivity index (χ2n) is 11.4. The van der Waals surface area contributed by atoms with Gasteiger partial charge in [0.2, 0.25) is 0 Å². The fourth-order valence-electron chi connectivity index (χ4n) is 5.72. The molecule has 1 N–H and O–H groups in total. The van der Waals surface area contributed by atoms with Crippen LogP contribution in [0.15, 0.2) is 9.70 Å². The molecule has 10 heteroatoms. The fraction of sp³-hybridized carbons (Fsp3) is 0.656. The van der Waals surface area contributed by atoms with Gasteiger partial charge in [-0.05, 0) is 50.7 Å². The number of hydrogen-bond donors (Lipinski definition) is 1. The number of unbranched alkanes of at least 4 members (excludes halogenated alkanes) is 8. The Balaban J connectivity index is 1.75. The van der Waals surface area contributed by atoms with E-state index in [0.717, 1.165) is 114 Å². The maximum Gasteiger partial charge on any atom is 0.303 e. The SMILES string of the molecule is CCCCn1c(N2CCCCCC2)c(/C=C2/SC(=S)N(CCCCCCCCCCC(=O)O)C2=O)c(C)c(C#N)c1=O. The number of anilines is 1. The summed E-state index contributed by atoms with van der Waals surface area (Å²) in [4.78, 5) is 42.1. The zero-order valence-electron chi connectivity index (χ0n) is 25.3. The van der Waals surface area contributed by atoms with Crippen LogP contribution in [0.1, 0.15) is 120 Å². The van der Waals surface area contributed by atoms with Crippen LogP contribution in [0.4, 0.5) is 5.82 Å². The van der Waals surface area contributed by atoms with E-state index in [-0.39, 0.29) is 23.5 Å². The number of carboxylic acid groups (broad SMARTS) is 1. The molecular formula is C32H46N4O4S2. The molecule has 0 bridgehead atoms. The summed E-state index contributed by atoms with van der Waals surface area (Å²) in [6.07, 6.45) is 16.3. The van der Waals surface area contributed by atoms with Gasteiger partial charge in [-0.3, -0.25) is 23.9 Å². The number of carboxylic acids is 1. The van der Waals surface area contributed by atoms with Gasteiger partial charge < -0.3 is 10.0 Å². The Hall–Kier alpha value is -2.64. The highest BCUT2D eigenvalue weighted by Gasteiger charge is 2.33. The molecule has 2 fully saturated rings. The average Bonchev–Trinajstić information content (AvgIpc) is 3.12. The van der Waals surface area contributed by atoms with Crippen LogP contribution < -0.4 is 10.5 Å². The van der Waals surface area contributed by atoms with E-state index in [4.69, 9.17) is 17.3 Å². The maximum atomic E-state index is 13.5. The molecule has 230 valence electrons. The van der Waals surface area contributed by atoms with Gasteiger partial charge in [0.1, 0.15) is 21.8 Å². The topological polar surface area (TPSA) is 107 Å². The van der Waals surface area contributed by atoms with E-state index in [9.17, 15) is 19.6 Å². The van der Waals surface area contributed by atoms with Crippen molar-refractivity contribution in [2.24, 2.45) is 0 Å². The first-order valence-corrected chi connectivity index (χ1v) is 16.9. The summed E-state index contributed by atoms with van der Waals surface area (Å²) in [5.74, 6) is 0.00552. The molecule has 42 heavy (non-hydrogen) atoms. The van der Waals surface area contributed by atoms with Crippen molar-refractivity contribution in [2.75, 3.05) is 24.5 Å². The van der Waals surface area contributed by atoms with Crippen molar-refractivity contribution in [3.8, 4) is 6.07 Å². The number of aliphatic carboxylic acids is 1. The lowest BCUT2D eigenvalue weighted by molar-refractivity contribution is -0.137. The third kappa shape index (κ3) is 9.18. The lowest BCUT2D eigenvalue weighted by atomic mass is 10.0. The highest BCUT2D eigenvalue weighted by molar-refractivity contribution is 8.26. The number of nitrogens with zero attached hydrogens (tertiary/aromatic N) is 4. The predicted octanol–water partition coefficient (Wildman–Crippen LogP) is 7.01. The van der Waals surface area contributed by atoms with E-state index >= 15 is 0 Å². The first-order chi connectivity index (χ1) is 20.3. The quantitative estimate of drug-likeness (QED) is 0.120. The van der Waals surface area contributed by atoms with Gasteiger partial charge in [-0.2, -0.15) is 5.26 Å². The van der Waals surface area contributed by atoms with E-state index in [1.165, 1.54) is 11.8 Å². The molecule has 2 aliphatic heterocycles. The third-order valence-electron chi connectivity index (χ3n) is 8.16. The summed E-state index contributed by atoms with van der Waals surface area (Å²) < 4.78 is 2.33. The van der Waals surface area contributed by atoms with Crippen molar-refractivity contribution in [2.45, 2.75) is 117 Å². The molecule has 0 atom stereocenters. The number of rotatable bonds is 16. The average molecular weight is 615 g/mol. The number of pyridine rings is 1. The molecule has 3 heterocycles. The van der Waals surface area contributed by atoms with E-state index in [1.54, 1.807) is 9.47 Å². The maximum absolute atomic E-state index is 13.5. The first-order valence-electron chi connectivity index (χ1n) is 15.7. The highest BCUT2D eigenvalue weighted by atomic mass is 32.2. The van der Waals surface area contributed by atoms with Gasteiger partial charge in [0, 0.05) is 38.2 Å². The molecule has 1 aromatic heterocycles. The standard InChI is InChI=1S/C32H46N4O4S2/c1-3-4-20-35-29(34-18-14-11-12-15-19-34)25(24(2)26(23-33)30(35)39)22-27-31(40)36(32(41)42-27)21-16-10-8-6-5-7-9-13-17-28(37)38/h22H,3-21H2,1-2H3,(H,37,38)/b27-22+. The predicted molar refractivity (Wildman–Crippen MR) is 175 cm³/mol. The summed E-state index contributed by atoms with van der Waals surface area (Å²) in [6.45, 7) is 6.73. The number of carbonyl (C=O) groups excluding carboxylic acids is 1. The molecule has 1 aromatic rings. The highest BCUT2D eigenvalue weighted by Crippen LogP contribution is 2.36. The molecule has 0 aromatic carbocycles. The van der Waals surface area contributed by atoms with Gasteiger partial charge in [-0.15, -0.1) is 0 Å². The number of amides is 1. The van der Waals surface area contributed by atoms with Gasteiger partial charge in [0.25, 0.3) is 11.5 Å². The number of thiocarbonyl (C=S) groups is 1. The molecule has 0 unspecified atom stereocenters. The van der Waals surface area contributed by atoms with E-state index < -0.39 is 5.97 Å². The van der Waals surface area contributed by atoms with Crippen LogP contribution in [0, 0.1) is 18.3 Å². The second-order valence-corrected chi connectivity index (χ2v) is 13.0. The Morgan fingerprint density at radius 2 is 1.60 bits per heavy atom. The largest absolute Gasteiger partial charge is 0.481 e. The molecule has 2 aliphatic rings. The Bertz CT molecular complexity index is 1240. The monoisotopic (exact) mass is 614 g/mol. The molecule has 2 saturated heterocycles. The molecule has 8 nitrogen and oxygen atoms in total. The fourth-order valence-corrected chi connectivity index (χ4v) is 7.01. The van der Waals surface area contributed by atoms with Crippen LogP contribution in [0.2, 0.25) is 0 Å². The third-order valence-corrected chi connectivity index (χ3v) is 9.54. The summed E-state index contributed by atoms with van der Waals surface area (Å²) in [5.41, 5.74) is 1.32. The normalized spacial score (nSPS) is 16.7. The van der Waals surface area contributed by atoms with Gasteiger partial charge in [0.05, 0.1) is 4.91 Å². The van der Waals surface area contributed by atoms with Crippen molar-refractivity contribution < 1.29 is 14.7 Å². The smallest absolute Gasteiger partial charge is 0.303 e. The number of carbonyl (C=O) groups is 2. The Labute approximate surface area is 260 Å². The zero-order chi connectivity index (χ0) is 30.5. The second kappa shape index (κ2) is 17.5. The minimum atomic E-state index is -0.726. The summed E-state index contributed by atoms with van der Waals surface area (Å²) in [5, 5.41) is 18.7. The van der Waals surface area contributed by atoms with E-state index in [2.05, 4.69) is 17.9 Å². The molecular weight excluding hydrogens is 569 g/mol. The molecule has 1 amide bonds. The van der Waals surface area contributed by atoms with Crippen molar-refractivity contribution in [1.82, 2.24) is 9.47 Å². The van der Waals surface area contributed by atoms with Crippen LogP contribution in [-0.2, 0) is 16.1 Å². The molecule has 0 spiro atoms. The minimum Gasteiger partial charge on any atom is -0.481 e. The number of hydrogen-bond acceptors (Lipinski definition) is 7. The van der Waals surface area contributed by atoms with Crippen molar-refractivity contribution in [3.05, 3.63) is 31.9 Å². The molecule has 3 rings (SSSR count). The first kappa shape index (κ1) is 33.9. The summed E-state index contributed by atoms with van der Waals surface area (Å²) >= 11 is 6.92. The molecule has 0 aliphatic carbocycles. The van der Waals surface area contributed by atoms with Gasteiger partial charge in [-0.1, -0.05) is 88.7 Å². The van der Waals surface area contributed by atoms with Crippen LogP contribution in [0.25, 0.3) is 6.08 Å². The Morgan fingerprint density at radius 3 is 2.19 bits per heavy atom. The Kier molecular flexibility index (Phi) is 14.1. The Morgan fingerprint density at radius 1 is 0.976 bits per heavy atom. The molecule has 0 saturated carbocycles. The molecule has 0 radical (unpaired) electrons. The van der Waals surface area contributed by atoms with Crippen molar-refractivity contribution >= 4 is 52.1 Å².